The van der Waals surface area contributed by atoms with Gasteiger partial charge in [-0.1, -0.05) is 0 Å². The summed E-state index contributed by atoms with van der Waals surface area (Å²) in [6.45, 7) is 1.84. The fraction of sp³-hybridized carbons (Fsp3) is 0.500. The summed E-state index contributed by atoms with van der Waals surface area (Å²) in [7, 11) is 0. The van der Waals surface area contributed by atoms with Gasteiger partial charge in [0.15, 0.2) is 0 Å². The van der Waals surface area contributed by atoms with Crippen molar-refractivity contribution in [2.45, 2.75) is 18.9 Å². The quantitative estimate of drug-likeness (QED) is 0.758. The van der Waals surface area contributed by atoms with E-state index in [9.17, 15) is 0 Å². The Morgan fingerprint density at radius 1 is 1.60 bits per heavy atom. The van der Waals surface area contributed by atoms with Gasteiger partial charge < -0.3 is 10.1 Å². The van der Waals surface area contributed by atoms with Gasteiger partial charge in [-0.3, -0.25) is 0 Å². The van der Waals surface area contributed by atoms with Gasteiger partial charge in [-0.25, -0.2) is 0 Å². The van der Waals surface area contributed by atoms with Crippen LogP contribution in [-0.2, 0) is 0 Å². The molecule has 0 unspecified atom stereocenters. The summed E-state index contributed by atoms with van der Waals surface area (Å²) in [5.41, 5.74) is 0.440. The van der Waals surface area contributed by atoms with Gasteiger partial charge in [0.2, 0.25) is 0 Å². The smallest absolute Gasteiger partial charge is 0.251 e. The van der Waals surface area contributed by atoms with E-state index in [1.807, 2.05) is 6.07 Å². The summed E-state index contributed by atoms with van der Waals surface area (Å²) in [5, 5.41) is 19.6. The van der Waals surface area contributed by atoms with Crippen molar-refractivity contribution in [1.29, 1.82) is 5.26 Å². The summed E-state index contributed by atoms with van der Waals surface area (Å²) in [4.78, 5) is 0. The maximum Gasteiger partial charge on any atom is 0.251 e. The Bertz CT molecular complexity index is 368. The van der Waals surface area contributed by atoms with Crippen LogP contribution in [-0.4, -0.2) is 29.4 Å². The number of nitriles is 1. The molecule has 1 saturated heterocycles. The van der Waals surface area contributed by atoms with Gasteiger partial charge in [0, 0.05) is 6.54 Å². The van der Waals surface area contributed by atoms with Crippen LogP contribution in [0.3, 0.4) is 0 Å². The minimum Gasteiger partial charge on any atom is -0.471 e. The number of hydrogen-bond donors (Lipinski definition) is 1. The molecule has 2 rings (SSSR count). The zero-order valence-corrected chi connectivity index (χ0v) is 8.31. The van der Waals surface area contributed by atoms with E-state index in [0.717, 1.165) is 25.9 Å². The molecule has 1 aromatic heterocycles. The van der Waals surface area contributed by atoms with E-state index < -0.39 is 0 Å². The molecule has 2 heterocycles. The molecular weight excluding hydrogens is 192 g/mol. The molecule has 15 heavy (non-hydrogen) atoms. The van der Waals surface area contributed by atoms with E-state index in [-0.39, 0.29) is 6.10 Å². The van der Waals surface area contributed by atoms with Crippen LogP contribution in [0.25, 0.3) is 0 Å². The number of rotatable bonds is 2. The van der Waals surface area contributed by atoms with Crippen LogP contribution in [0.2, 0.25) is 0 Å². The van der Waals surface area contributed by atoms with Crippen molar-refractivity contribution < 1.29 is 4.74 Å². The molecule has 1 aromatic rings. The average Bonchev–Trinajstić information content (AvgIpc) is 2.31. The van der Waals surface area contributed by atoms with Crippen LogP contribution in [0, 0.1) is 11.3 Å². The maximum atomic E-state index is 8.83. The number of nitrogens with one attached hydrogen (secondary N) is 1. The zero-order chi connectivity index (χ0) is 10.5. The van der Waals surface area contributed by atoms with Gasteiger partial charge in [-0.15, -0.1) is 5.10 Å². The number of hydrogen-bond acceptors (Lipinski definition) is 5. The molecule has 1 atom stereocenters. The van der Waals surface area contributed by atoms with Crippen molar-refractivity contribution in [3.8, 4) is 11.9 Å². The van der Waals surface area contributed by atoms with Crippen LogP contribution in [0.1, 0.15) is 18.4 Å². The van der Waals surface area contributed by atoms with Crippen LogP contribution >= 0.6 is 0 Å². The first kappa shape index (κ1) is 9.87. The molecule has 0 aliphatic carbocycles. The molecule has 5 heteroatoms. The predicted octanol–water partition coefficient (Wildman–Crippen LogP) is 0.479. The second-order valence-electron chi connectivity index (χ2n) is 3.45. The maximum absolute atomic E-state index is 8.83. The lowest BCUT2D eigenvalue weighted by atomic mass is 10.1. The molecule has 0 spiro atoms. The lowest BCUT2D eigenvalue weighted by Gasteiger charge is -2.23. The minimum absolute atomic E-state index is 0.0996. The topological polar surface area (TPSA) is 70.8 Å². The first-order valence-electron chi connectivity index (χ1n) is 4.99. The fourth-order valence-electron chi connectivity index (χ4n) is 1.57. The summed E-state index contributed by atoms with van der Waals surface area (Å²) >= 11 is 0. The normalized spacial score (nSPS) is 20.6. The number of ether oxygens (including phenoxy) is 1. The van der Waals surface area contributed by atoms with E-state index in [4.69, 9.17) is 10.00 Å². The lowest BCUT2D eigenvalue weighted by molar-refractivity contribution is 0.158. The largest absolute Gasteiger partial charge is 0.471 e. The summed E-state index contributed by atoms with van der Waals surface area (Å²) in [6.07, 6.45) is 3.67. The molecule has 0 amide bonds. The van der Waals surface area contributed by atoms with E-state index in [1.54, 1.807) is 6.07 Å². The van der Waals surface area contributed by atoms with Gasteiger partial charge in [-0.2, -0.15) is 10.4 Å². The lowest BCUT2D eigenvalue weighted by Crippen LogP contribution is -2.37. The third-order valence-electron chi connectivity index (χ3n) is 2.34. The van der Waals surface area contributed by atoms with Crippen LogP contribution in [0.4, 0.5) is 0 Å². The van der Waals surface area contributed by atoms with E-state index >= 15 is 0 Å². The summed E-state index contributed by atoms with van der Waals surface area (Å²) in [5.74, 6) is 0.341. The van der Waals surface area contributed by atoms with Crippen molar-refractivity contribution in [2.75, 3.05) is 13.1 Å². The summed E-state index contributed by atoms with van der Waals surface area (Å²) < 4.78 is 5.62. The van der Waals surface area contributed by atoms with Crippen LogP contribution < -0.4 is 10.1 Å². The molecule has 0 bridgehead atoms. The number of nitrogens with zero attached hydrogens (tertiary/aromatic N) is 3. The van der Waals surface area contributed by atoms with Crippen molar-refractivity contribution in [2.24, 2.45) is 0 Å². The molecule has 1 aliphatic heterocycles. The molecular formula is C10H12N4O. The third-order valence-corrected chi connectivity index (χ3v) is 2.34. The molecule has 5 nitrogen and oxygen atoms in total. The second kappa shape index (κ2) is 4.71. The first-order chi connectivity index (χ1) is 7.40. The minimum atomic E-state index is 0.0996. The van der Waals surface area contributed by atoms with Crippen molar-refractivity contribution in [3.05, 3.63) is 17.8 Å². The number of piperidine rings is 1. The highest BCUT2D eigenvalue weighted by Crippen LogP contribution is 2.16. The average molecular weight is 204 g/mol. The standard InChI is InChI=1S/C10H12N4O/c11-6-8-3-5-13-14-10(8)15-9-2-1-4-12-7-9/h3,5,9,12H,1-2,4,7H2/t9-/m0/s1. The summed E-state index contributed by atoms with van der Waals surface area (Å²) in [6, 6.07) is 3.65. The van der Waals surface area contributed by atoms with Crippen molar-refractivity contribution in [3.63, 3.8) is 0 Å². The van der Waals surface area contributed by atoms with Gasteiger partial charge >= 0.3 is 0 Å². The third kappa shape index (κ3) is 2.42. The van der Waals surface area contributed by atoms with Crippen molar-refractivity contribution >= 4 is 0 Å². The Balaban J connectivity index is 2.06. The fourth-order valence-corrected chi connectivity index (χ4v) is 1.57. The highest BCUT2D eigenvalue weighted by Gasteiger charge is 2.16. The number of aromatic nitrogens is 2. The predicted molar refractivity (Wildman–Crippen MR) is 53.3 cm³/mol. The molecule has 1 aliphatic rings. The molecule has 1 N–H and O–H groups in total. The highest BCUT2D eigenvalue weighted by atomic mass is 16.5. The Labute approximate surface area is 88.1 Å². The molecule has 1 fully saturated rings. The Morgan fingerprint density at radius 3 is 3.27 bits per heavy atom. The van der Waals surface area contributed by atoms with Crippen molar-refractivity contribution in [1.82, 2.24) is 15.5 Å². The SMILES string of the molecule is N#Cc1ccnnc1O[C@H]1CCCNC1. The first-order valence-corrected chi connectivity index (χ1v) is 4.99. The Hall–Kier alpha value is -1.67. The van der Waals surface area contributed by atoms with Crippen LogP contribution in [0.5, 0.6) is 5.88 Å². The van der Waals surface area contributed by atoms with E-state index in [1.165, 1.54) is 6.20 Å². The second-order valence-corrected chi connectivity index (χ2v) is 3.45. The van der Waals surface area contributed by atoms with Gasteiger partial charge in [-0.05, 0) is 25.5 Å². The Morgan fingerprint density at radius 2 is 2.53 bits per heavy atom. The molecule has 0 saturated carbocycles. The molecule has 0 aromatic carbocycles. The van der Waals surface area contributed by atoms with E-state index in [2.05, 4.69) is 15.5 Å². The highest BCUT2D eigenvalue weighted by molar-refractivity contribution is 5.35. The Kier molecular flexibility index (Phi) is 3.10. The molecule has 78 valence electrons. The van der Waals surface area contributed by atoms with Gasteiger partial charge in [0.1, 0.15) is 17.7 Å². The van der Waals surface area contributed by atoms with Crippen LogP contribution in [0.15, 0.2) is 12.3 Å². The van der Waals surface area contributed by atoms with Gasteiger partial charge in [0.05, 0.1) is 6.20 Å². The zero-order valence-electron chi connectivity index (χ0n) is 8.31. The monoisotopic (exact) mass is 204 g/mol. The van der Waals surface area contributed by atoms with E-state index in [0.29, 0.717) is 11.4 Å². The van der Waals surface area contributed by atoms with Gasteiger partial charge in [0.25, 0.3) is 5.88 Å². The molecule has 0 radical (unpaired) electrons.